The van der Waals surface area contributed by atoms with Gasteiger partial charge in [-0.2, -0.15) is 0 Å². The van der Waals surface area contributed by atoms with Gasteiger partial charge in [-0.3, -0.25) is 0 Å². The van der Waals surface area contributed by atoms with Crippen molar-refractivity contribution in [1.29, 1.82) is 0 Å². The lowest BCUT2D eigenvalue weighted by Crippen LogP contribution is -2.41. The fourth-order valence-electron chi connectivity index (χ4n) is 3.01. The Morgan fingerprint density at radius 3 is 2.47 bits per heavy atom. The summed E-state index contributed by atoms with van der Waals surface area (Å²) in [6.07, 6.45) is 4.62. The van der Waals surface area contributed by atoms with Crippen molar-refractivity contribution in [3.63, 3.8) is 0 Å². The lowest BCUT2D eigenvalue weighted by molar-refractivity contribution is -0.0265. The van der Waals surface area contributed by atoms with Crippen LogP contribution in [0.1, 0.15) is 48.4 Å². The van der Waals surface area contributed by atoms with Crippen LogP contribution in [0.4, 0.5) is 0 Å². The highest BCUT2D eigenvalue weighted by Crippen LogP contribution is 2.42. The Hall–Kier alpha value is -0.860. The molecule has 0 aliphatic heterocycles. The third-order valence-corrected chi connectivity index (χ3v) is 4.40. The van der Waals surface area contributed by atoms with Crippen molar-refractivity contribution < 1.29 is 4.74 Å². The molecule has 2 rings (SSSR count). The SMILES string of the molecule is COC1(C(N)c2cccc(C)c2C)CCCC1. The van der Waals surface area contributed by atoms with Crippen molar-refractivity contribution in [2.45, 2.75) is 51.2 Å². The first kappa shape index (κ1) is 12.6. The van der Waals surface area contributed by atoms with Gasteiger partial charge in [-0.1, -0.05) is 31.0 Å². The summed E-state index contributed by atoms with van der Waals surface area (Å²) in [5.41, 5.74) is 10.2. The highest BCUT2D eigenvalue weighted by atomic mass is 16.5. The Morgan fingerprint density at radius 2 is 1.88 bits per heavy atom. The van der Waals surface area contributed by atoms with Gasteiger partial charge in [-0.25, -0.2) is 0 Å². The number of methoxy groups -OCH3 is 1. The van der Waals surface area contributed by atoms with Gasteiger partial charge in [-0.05, 0) is 43.4 Å². The molecule has 0 aromatic heterocycles. The van der Waals surface area contributed by atoms with E-state index in [1.165, 1.54) is 29.5 Å². The maximum Gasteiger partial charge on any atom is 0.0870 e. The first-order valence-corrected chi connectivity index (χ1v) is 6.47. The largest absolute Gasteiger partial charge is 0.376 e. The Morgan fingerprint density at radius 1 is 1.24 bits per heavy atom. The van der Waals surface area contributed by atoms with Gasteiger partial charge in [-0.15, -0.1) is 0 Å². The van der Waals surface area contributed by atoms with E-state index in [-0.39, 0.29) is 11.6 Å². The summed E-state index contributed by atoms with van der Waals surface area (Å²) < 4.78 is 5.78. The van der Waals surface area contributed by atoms with Gasteiger partial charge < -0.3 is 10.5 Å². The standard InChI is InChI=1S/C15H23NO/c1-11-7-6-8-13(12(11)2)14(16)15(17-3)9-4-5-10-15/h6-8,14H,4-5,9-10,16H2,1-3H3. The van der Waals surface area contributed by atoms with Crippen molar-refractivity contribution in [3.05, 3.63) is 34.9 Å². The molecular weight excluding hydrogens is 210 g/mol. The van der Waals surface area contributed by atoms with Crippen LogP contribution in [0.15, 0.2) is 18.2 Å². The Kier molecular flexibility index (Phi) is 3.55. The number of nitrogens with two attached hydrogens (primary N) is 1. The summed E-state index contributed by atoms with van der Waals surface area (Å²) in [7, 11) is 1.80. The molecule has 1 unspecified atom stereocenters. The Balaban J connectivity index is 2.35. The van der Waals surface area contributed by atoms with Crippen molar-refractivity contribution >= 4 is 0 Å². The number of rotatable bonds is 3. The maximum atomic E-state index is 6.49. The highest BCUT2D eigenvalue weighted by Gasteiger charge is 2.40. The molecule has 1 saturated carbocycles. The van der Waals surface area contributed by atoms with Gasteiger partial charge in [0.05, 0.1) is 11.6 Å². The average Bonchev–Trinajstić information content (AvgIpc) is 2.82. The minimum Gasteiger partial charge on any atom is -0.376 e. The Bertz CT molecular complexity index is 394. The average molecular weight is 233 g/mol. The number of aryl methyl sites for hydroxylation is 1. The predicted octanol–water partition coefficient (Wildman–Crippen LogP) is 3.26. The van der Waals surface area contributed by atoms with Crippen LogP contribution in [0.5, 0.6) is 0 Å². The van der Waals surface area contributed by atoms with Crippen LogP contribution >= 0.6 is 0 Å². The normalized spacial score (nSPS) is 20.5. The third kappa shape index (κ3) is 2.12. The third-order valence-electron chi connectivity index (χ3n) is 4.40. The summed E-state index contributed by atoms with van der Waals surface area (Å²) in [6, 6.07) is 6.37. The summed E-state index contributed by atoms with van der Waals surface area (Å²) >= 11 is 0. The second kappa shape index (κ2) is 4.79. The first-order chi connectivity index (χ1) is 8.10. The molecule has 1 aromatic rings. The van der Waals surface area contributed by atoms with Crippen LogP contribution in [-0.2, 0) is 4.74 Å². The number of ether oxygens (including phenoxy) is 1. The van der Waals surface area contributed by atoms with Gasteiger partial charge in [0.1, 0.15) is 0 Å². The van der Waals surface area contributed by atoms with E-state index < -0.39 is 0 Å². The maximum absolute atomic E-state index is 6.49. The molecular formula is C15H23NO. The van der Waals surface area contributed by atoms with Gasteiger partial charge in [0.25, 0.3) is 0 Å². The van der Waals surface area contributed by atoms with Crippen LogP contribution in [0.2, 0.25) is 0 Å². The summed E-state index contributed by atoms with van der Waals surface area (Å²) in [4.78, 5) is 0. The topological polar surface area (TPSA) is 35.2 Å². The lowest BCUT2D eigenvalue weighted by Gasteiger charge is -2.35. The summed E-state index contributed by atoms with van der Waals surface area (Å²) in [5.74, 6) is 0. The van der Waals surface area contributed by atoms with E-state index >= 15 is 0 Å². The lowest BCUT2D eigenvalue weighted by atomic mass is 9.84. The molecule has 0 bridgehead atoms. The molecule has 1 aliphatic rings. The van der Waals surface area contributed by atoms with E-state index in [1.807, 2.05) is 0 Å². The summed E-state index contributed by atoms with van der Waals surface area (Å²) in [6.45, 7) is 4.29. The molecule has 1 aromatic carbocycles. The van der Waals surface area contributed by atoms with E-state index in [1.54, 1.807) is 7.11 Å². The molecule has 17 heavy (non-hydrogen) atoms. The molecule has 1 atom stereocenters. The van der Waals surface area contributed by atoms with Crippen molar-refractivity contribution in [2.24, 2.45) is 5.73 Å². The molecule has 0 amide bonds. The van der Waals surface area contributed by atoms with Crippen LogP contribution in [0.25, 0.3) is 0 Å². The van der Waals surface area contributed by atoms with E-state index in [4.69, 9.17) is 10.5 Å². The van der Waals surface area contributed by atoms with Crippen molar-refractivity contribution in [2.75, 3.05) is 7.11 Å². The first-order valence-electron chi connectivity index (χ1n) is 6.47. The second-order valence-electron chi connectivity index (χ2n) is 5.24. The zero-order valence-electron chi connectivity index (χ0n) is 11.1. The number of benzene rings is 1. The summed E-state index contributed by atoms with van der Waals surface area (Å²) in [5, 5.41) is 0. The van der Waals surface area contributed by atoms with E-state index in [0.717, 1.165) is 12.8 Å². The molecule has 2 heteroatoms. The molecule has 1 fully saturated rings. The fourth-order valence-corrected chi connectivity index (χ4v) is 3.01. The minimum absolute atomic E-state index is 0.00472. The van der Waals surface area contributed by atoms with Crippen LogP contribution in [0, 0.1) is 13.8 Å². The van der Waals surface area contributed by atoms with Crippen LogP contribution in [0.3, 0.4) is 0 Å². The second-order valence-corrected chi connectivity index (χ2v) is 5.24. The van der Waals surface area contributed by atoms with Gasteiger partial charge in [0.15, 0.2) is 0 Å². The molecule has 1 aliphatic carbocycles. The van der Waals surface area contributed by atoms with E-state index in [2.05, 4.69) is 32.0 Å². The molecule has 2 N–H and O–H groups in total. The van der Waals surface area contributed by atoms with Crippen LogP contribution in [-0.4, -0.2) is 12.7 Å². The molecule has 0 spiro atoms. The molecule has 0 radical (unpaired) electrons. The van der Waals surface area contributed by atoms with E-state index in [9.17, 15) is 0 Å². The number of hydrogen-bond donors (Lipinski definition) is 1. The molecule has 0 heterocycles. The molecule has 94 valence electrons. The highest BCUT2D eigenvalue weighted by molar-refractivity contribution is 5.36. The number of hydrogen-bond acceptors (Lipinski definition) is 2. The van der Waals surface area contributed by atoms with Gasteiger partial charge in [0, 0.05) is 7.11 Å². The zero-order valence-corrected chi connectivity index (χ0v) is 11.1. The smallest absolute Gasteiger partial charge is 0.0870 e. The fraction of sp³-hybridized carbons (Fsp3) is 0.600. The van der Waals surface area contributed by atoms with Crippen molar-refractivity contribution in [1.82, 2.24) is 0 Å². The van der Waals surface area contributed by atoms with Gasteiger partial charge in [0.2, 0.25) is 0 Å². The Labute approximate surface area is 104 Å². The molecule has 0 saturated heterocycles. The van der Waals surface area contributed by atoms with E-state index in [0.29, 0.717) is 0 Å². The quantitative estimate of drug-likeness (QED) is 0.869. The van der Waals surface area contributed by atoms with Crippen molar-refractivity contribution in [3.8, 4) is 0 Å². The molecule has 2 nitrogen and oxygen atoms in total. The van der Waals surface area contributed by atoms with Crippen LogP contribution < -0.4 is 5.73 Å². The van der Waals surface area contributed by atoms with Gasteiger partial charge >= 0.3 is 0 Å². The zero-order chi connectivity index (χ0) is 12.5. The minimum atomic E-state index is -0.140. The predicted molar refractivity (Wildman–Crippen MR) is 71.1 cm³/mol. The monoisotopic (exact) mass is 233 g/mol.